The number of hydrogen-bond acceptors (Lipinski definition) is 3. The van der Waals surface area contributed by atoms with E-state index in [1.807, 2.05) is 30.5 Å². The number of hydrogen-bond donors (Lipinski definition) is 1. The minimum absolute atomic E-state index is 0.122. The van der Waals surface area contributed by atoms with Gasteiger partial charge in [-0.3, -0.25) is 9.89 Å². The Bertz CT molecular complexity index is 434. The first kappa shape index (κ1) is 13.5. The molecule has 2 rings (SSSR count). The van der Waals surface area contributed by atoms with Crippen LogP contribution in [-0.4, -0.2) is 44.6 Å². The van der Waals surface area contributed by atoms with E-state index in [0.29, 0.717) is 0 Å². The van der Waals surface area contributed by atoms with E-state index in [0.717, 1.165) is 42.2 Å². The monoisotopic (exact) mass is 267 g/mol. The van der Waals surface area contributed by atoms with E-state index in [1.165, 1.54) is 0 Å². The number of thioether (sulfide) groups is 1. The van der Waals surface area contributed by atoms with E-state index in [9.17, 15) is 4.79 Å². The molecule has 5 heteroatoms. The number of aromatic nitrogens is 2. The molecule has 1 amide bonds. The van der Waals surface area contributed by atoms with Gasteiger partial charge in [0.2, 0.25) is 0 Å². The molecule has 1 N–H and O–H groups in total. The molecular weight excluding hydrogens is 246 g/mol. The number of carbonyl (C=O) groups excluding carboxylic acids is 1. The zero-order valence-electron chi connectivity index (χ0n) is 11.5. The Morgan fingerprint density at radius 3 is 2.72 bits per heavy atom. The lowest BCUT2D eigenvalue weighted by molar-refractivity contribution is 0.0763. The van der Waals surface area contributed by atoms with Gasteiger partial charge in [-0.2, -0.15) is 16.9 Å². The Morgan fingerprint density at radius 2 is 2.11 bits per heavy atom. The highest BCUT2D eigenvalue weighted by Gasteiger charge is 2.28. The number of amides is 1. The zero-order chi connectivity index (χ0) is 13.3. The van der Waals surface area contributed by atoms with Gasteiger partial charge in [0.25, 0.3) is 5.91 Å². The van der Waals surface area contributed by atoms with Crippen molar-refractivity contribution in [2.45, 2.75) is 38.9 Å². The second-order valence-corrected chi connectivity index (χ2v) is 7.26. The summed E-state index contributed by atoms with van der Waals surface area (Å²) in [4.78, 5) is 14.5. The number of rotatable bonds is 1. The first-order chi connectivity index (χ1) is 8.41. The van der Waals surface area contributed by atoms with E-state index in [1.54, 1.807) is 0 Å². The van der Waals surface area contributed by atoms with Crippen LogP contribution in [0.1, 0.15) is 42.0 Å². The third kappa shape index (κ3) is 2.71. The Morgan fingerprint density at radius 1 is 1.39 bits per heavy atom. The maximum Gasteiger partial charge on any atom is 0.257 e. The topological polar surface area (TPSA) is 49.0 Å². The standard InChI is InChI=1S/C13H21N3OS/c1-9-11(10(2)15-14-9)12(17)16-6-5-13(3,4)18-8-7-16/h5-8H2,1-4H3,(H,14,15). The lowest BCUT2D eigenvalue weighted by atomic mass is 10.1. The minimum atomic E-state index is 0.122. The van der Waals surface area contributed by atoms with Gasteiger partial charge >= 0.3 is 0 Å². The summed E-state index contributed by atoms with van der Waals surface area (Å²) in [7, 11) is 0. The highest BCUT2D eigenvalue weighted by molar-refractivity contribution is 8.00. The molecule has 2 heterocycles. The van der Waals surface area contributed by atoms with Crippen LogP contribution in [0.4, 0.5) is 0 Å². The number of nitrogens with zero attached hydrogens (tertiary/aromatic N) is 2. The van der Waals surface area contributed by atoms with Gasteiger partial charge in [0.1, 0.15) is 0 Å². The SMILES string of the molecule is Cc1n[nH]c(C)c1C(=O)N1CCSC(C)(C)CC1. The van der Waals surface area contributed by atoms with Gasteiger partial charge in [-0.25, -0.2) is 0 Å². The number of H-pyrrole nitrogens is 1. The molecule has 100 valence electrons. The number of aryl methyl sites for hydroxylation is 2. The molecule has 0 aliphatic carbocycles. The molecule has 1 aliphatic heterocycles. The Kier molecular flexibility index (Phi) is 3.71. The molecule has 0 saturated carbocycles. The van der Waals surface area contributed by atoms with Crippen molar-refractivity contribution in [1.29, 1.82) is 0 Å². The average Bonchev–Trinajstić information content (AvgIpc) is 2.51. The fourth-order valence-electron chi connectivity index (χ4n) is 2.25. The predicted molar refractivity (Wildman–Crippen MR) is 75.1 cm³/mol. The van der Waals surface area contributed by atoms with Crippen LogP contribution in [0.5, 0.6) is 0 Å². The van der Waals surface area contributed by atoms with Crippen molar-refractivity contribution in [3.8, 4) is 0 Å². The predicted octanol–water partition coefficient (Wildman–Crippen LogP) is 2.38. The van der Waals surface area contributed by atoms with Gasteiger partial charge in [0, 0.05) is 29.3 Å². The molecule has 1 fully saturated rings. The van der Waals surface area contributed by atoms with E-state index in [4.69, 9.17) is 0 Å². The van der Waals surface area contributed by atoms with Crippen LogP contribution in [0.3, 0.4) is 0 Å². The van der Waals surface area contributed by atoms with Crippen LogP contribution in [0, 0.1) is 13.8 Å². The molecular formula is C13H21N3OS. The molecule has 0 unspecified atom stereocenters. The van der Waals surface area contributed by atoms with Crippen molar-refractivity contribution in [3.05, 3.63) is 17.0 Å². The number of nitrogens with one attached hydrogen (secondary N) is 1. The summed E-state index contributed by atoms with van der Waals surface area (Å²) < 4.78 is 0.273. The molecule has 0 radical (unpaired) electrons. The quantitative estimate of drug-likeness (QED) is 0.850. The maximum absolute atomic E-state index is 12.5. The third-order valence-electron chi connectivity index (χ3n) is 3.47. The maximum atomic E-state index is 12.5. The van der Waals surface area contributed by atoms with Crippen molar-refractivity contribution < 1.29 is 4.79 Å². The van der Waals surface area contributed by atoms with Gasteiger partial charge in [-0.05, 0) is 20.3 Å². The fraction of sp³-hybridized carbons (Fsp3) is 0.692. The van der Waals surface area contributed by atoms with E-state index in [2.05, 4.69) is 24.0 Å². The molecule has 0 aromatic carbocycles. The third-order valence-corrected chi connectivity index (χ3v) is 4.84. The molecule has 1 aromatic rings. The molecule has 18 heavy (non-hydrogen) atoms. The van der Waals surface area contributed by atoms with Crippen molar-refractivity contribution in [2.24, 2.45) is 0 Å². The summed E-state index contributed by atoms with van der Waals surface area (Å²) >= 11 is 1.95. The largest absolute Gasteiger partial charge is 0.338 e. The van der Waals surface area contributed by atoms with Gasteiger partial charge in [0.05, 0.1) is 11.3 Å². The average molecular weight is 267 g/mol. The summed E-state index contributed by atoms with van der Waals surface area (Å²) in [5.41, 5.74) is 2.42. The van der Waals surface area contributed by atoms with Crippen molar-refractivity contribution in [2.75, 3.05) is 18.8 Å². The second kappa shape index (κ2) is 4.96. The van der Waals surface area contributed by atoms with Crippen LogP contribution in [0.25, 0.3) is 0 Å². The molecule has 1 aromatic heterocycles. The van der Waals surface area contributed by atoms with Crippen LogP contribution in [0.2, 0.25) is 0 Å². The molecule has 0 spiro atoms. The van der Waals surface area contributed by atoms with E-state index < -0.39 is 0 Å². The smallest absolute Gasteiger partial charge is 0.257 e. The van der Waals surface area contributed by atoms with Crippen LogP contribution >= 0.6 is 11.8 Å². The van der Waals surface area contributed by atoms with Gasteiger partial charge in [-0.1, -0.05) is 13.8 Å². The molecule has 0 atom stereocenters. The van der Waals surface area contributed by atoms with Crippen LogP contribution < -0.4 is 0 Å². The van der Waals surface area contributed by atoms with Gasteiger partial charge < -0.3 is 4.90 Å². The van der Waals surface area contributed by atoms with E-state index in [-0.39, 0.29) is 10.7 Å². The number of carbonyl (C=O) groups is 1. The Balaban J connectivity index is 2.15. The lowest BCUT2D eigenvalue weighted by Crippen LogP contribution is -2.34. The molecule has 0 bridgehead atoms. The molecule has 1 aliphatic rings. The highest BCUT2D eigenvalue weighted by atomic mass is 32.2. The van der Waals surface area contributed by atoms with E-state index >= 15 is 0 Å². The molecule has 4 nitrogen and oxygen atoms in total. The summed E-state index contributed by atoms with van der Waals surface area (Å²) in [6.07, 6.45) is 1.04. The Hall–Kier alpha value is -0.970. The fourth-order valence-corrected chi connectivity index (χ4v) is 3.35. The molecule has 1 saturated heterocycles. The van der Waals surface area contributed by atoms with Gasteiger partial charge in [-0.15, -0.1) is 0 Å². The first-order valence-electron chi connectivity index (χ1n) is 6.35. The normalized spacial score (nSPS) is 19.7. The van der Waals surface area contributed by atoms with Gasteiger partial charge in [0.15, 0.2) is 0 Å². The Labute approximate surface area is 113 Å². The highest BCUT2D eigenvalue weighted by Crippen LogP contribution is 2.31. The van der Waals surface area contributed by atoms with Crippen LogP contribution in [0.15, 0.2) is 0 Å². The van der Waals surface area contributed by atoms with Crippen LogP contribution in [-0.2, 0) is 0 Å². The lowest BCUT2D eigenvalue weighted by Gasteiger charge is -2.22. The van der Waals surface area contributed by atoms with Crippen molar-refractivity contribution in [3.63, 3.8) is 0 Å². The first-order valence-corrected chi connectivity index (χ1v) is 7.34. The minimum Gasteiger partial charge on any atom is -0.338 e. The van der Waals surface area contributed by atoms with Crippen molar-refractivity contribution in [1.82, 2.24) is 15.1 Å². The summed E-state index contributed by atoms with van der Waals surface area (Å²) in [6, 6.07) is 0. The zero-order valence-corrected chi connectivity index (χ0v) is 12.4. The van der Waals surface area contributed by atoms with Crippen molar-refractivity contribution >= 4 is 17.7 Å². The summed E-state index contributed by atoms with van der Waals surface area (Å²) in [5, 5.41) is 6.99. The second-order valence-electron chi connectivity index (χ2n) is 5.46. The summed E-state index contributed by atoms with van der Waals surface area (Å²) in [6.45, 7) is 9.96. The summed E-state index contributed by atoms with van der Waals surface area (Å²) in [5.74, 6) is 1.13. The number of aromatic amines is 1.